The Labute approximate surface area is 144 Å². The third-order valence-electron chi connectivity index (χ3n) is 4.58. The second-order valence-corrected chi connectivity index (χ2v) is 6.38. The molecule has 0 heterocycles. The van der Waals surface area contributed by atoms with Crippen molar-refractivity contribution in [3.05, 3.63) is 17.7 Å². The third kappa shape index (κ3) is 4.69. The first kappa shape index (κ1) is 18.2. The molecule has 0 aliphatic heterocycles. The second-order valence-electron chi connectivity index (χ2n) is 6.38. The maximum Gasteiger partial charge on any atom is 0.200 e. The summed E-state index contributed by atoms with van der Waals surface area (Å²) in [6.07, 6.45) is 4.90. The van der Waals surface area contributed by atoms with Gasteiger partial charge in [0.1, 0.15) is 0 Å². The molecule has 1 aromatic rings. The number of methoxy groups -OCH3 is 2. The molecule has 6 nitrogen and oxygen atoms in total. The molecule has 1 aromatic carbocycles. The largest absolute Gasteiger partial charge is 0.502 e. The van der Waals surface area contributed by atoms with Crippen LogP contribution in [0, 0.1) is 5.92 Å². The summed E-state index contributed by atoms with van der Waals surface area (Å²) in [6.45, 7) is 2.88. The van der Waals surface area contributed by atoms with Crippen LogP contribution in [0.3, 0.4) is 0 Å². The molecule has 1 fully saturated rings. The zero-order valence-electron chi connectivity index (χ0n) is 15.1. The number of nitrogens with zero attached hydrogens (tertiary/aromatic N) is 1. The van der Waals surface area contributed by atoms with Gasteiger partial charge < -0.3 is 25.2 Å². The van der Waals surface area contributed by atoms with E-state index in [0.29, 0.717) is 24.1 Å². The van der Waals surface area contributed by atoms with Gasteiger partial charge in [-0.25, -0.2) is 0 Å². The minimum Gasteiger partial charge on any atom is -0.502 e. The van der Waals surface area contributed by atoms with Crippen molar-refractivity contribution in [1.82, 2.24) is 10.6 Å². The topological polar surface area (TPSA) is 75.1 Å². The molecule has 0 radical (unpaired) electrons. The summed E-state index contributed by atoms with van der Waals surface area (Å²) in [5, 5.41) is 16.8. The van der Waals surface area contributed by atoms with Crippen LogP contribution in [0.25, 0.3) is 0 Å². The Hall–Kier alpha value is -2.11. The zero-order valence-corrected chi connectivity index (χ0v) is 15.1. The van der Waals surface area contributed by atoms with E-state index in [-0.39, 0.29) is 5.75 Å². The van der Waals surface area contributed by atoms with Gasteiger partial charge in [0, 0.05) is 19.6 Å². The maximum absolute atomic E-state index is 9.97. The van der Waals surface area contributed by atoms with Gasteiger partial charge in [-0.05, 0) is 49.3 Å². The van der Waals surface area contributed by atoms with E-state index in [9.17, 15) is 5.11 Å². The fraction of sp³-hybridized carbons (Fsp3) is 0.611. The van der Waals surface area contributed by atoms with Crippen molar-refractivity contribution in [1.29, 1.82) is 0 Å². The molecule has 3 N–H and O–H groups in total. The van der Waals surface area contributed by atoms with Crippen molar-refractivity contribution in [2.75, 3.05) is 21.3 Å². The number of aromatic hydroxyl groups is 1. The van der Waals surface area contributed by atoms with Crippen LogP contribution in [0.2, 0.25) is 0 Å². The molecule has 1 saturated carbocycles. The van der Waals surface area contributed by atoms with Crippen molar-refractivity contribution in [3.8, 4) is 17.2 Å². The highest BCUT2D eigenvalue weighted by Crippen LogP contribution is 2.37. The number of rotatable bonds is 5. The van der Waals surface area contributed by atoms with Crippen molar-refractivity contribution < 1.29 is 14.6 Å². The summed E-state index contributed by atoms with van der Waals surface area (Å²) in [7, 11) is 4.82. The van der Waals surface area contributed by atoms with Crippen molar-refractivity contribution in [3.63, 3.8) is 0 Å². The normalized spacial score (nSPS) is 21.2. The maximum atomic E-state index is 9.97. The molecule has 1 aliphatic carbocycles. The molecule has 24 heavy (non-hydrogen) atoms. The average Bonchev–Trinajstić information content (AvgIpc) is 2.61. The number of aliphatic imine (C=N–C) groups is 1. The van der Waals surface area contributed by atoms with Gasteiger partial charge in [-0.15, -0.1) is 0 Å². The van der Waals surface area contributed by atoms with Gasteiger partial charge in [-0.2, -0.15) is 0 Å². The van der Waals surface area contributed by atoms with Crippen LogP contribution in [0.1, 0.15) is 38.2 Å². The third-order valence-corrected chi connectivity index (χ3v) is 4.58. The molecular weight excluding hydrogens is 306 g/mol. The monoisotopic (exact) mass is 335 g/mol. The first-order chi connectivity index (χ1) is 11.6. The van der Waals surface area contributed by atoms with Crippen molar-refractivity contribution in [2.24, 2.45) is 10.9 Å². The number of guanidine groups is 1. The minimum absolute atomic E-state index is 0.0163. The summed E-state index contributed by atoms with van der Waals surface area (Å²) in [6, 6.07) is 4.07. The quantitative estimate of drug-likeness (QED) is 0.570. The van der Waals surface area contributed by atoms with Gasteiger partial charge in [0.2, 0.25) is 5.75 Å². The lowest BCUT2D eigenvalue weighted by Gasteiger charge is -2.28. The van der Waals surface area contributed by atoms with Crippen LogP contribution in [-0.2, 0) is 6.54 Å². The minimum atomic E-state index is 0.0163. The second kappa shape index (κ2) is 8.66. The molecule has 0 saturated heterocycles. The molecule has 2 rings (SSSR count). The van der Waals surface area contributed by atoms with E-state index < -0.39 is 0 Å². The first-order valence-electron chi connectivity index (χ1n) is 8.48. The lowest BCUT2D eigenvalue weighted by molar-refractivity contribution is 0.329. The Morgan fingerprint density at radius 3 is 2.25 bits per heavy atom. The van der Waals surface area contributed by atoms with Crippen LogP contribution in [0.4, 0.5) is 0 Å². The molecule has 0 bridgehead atoms. The summed E-state index contributed by atoms with van der Waals surface area (Å²) in [5.41, 5.74) is 0.946. The van der Waals surface area contributed by atoms with Gasteiger partial charge in [0.15, 0.2) is 17.5 Å². The molecule has 0 unspecified atom stereocenters. The highest BCUT2D eigenvalue weighted by atomic mass is 16.5. The number of phenols is 1. The van der Waals surface area contributed by atoms with Crippen LogP contribution in [0.15, 0.2) is 17.1 Å². The standard InChI is InChI=1S/C18H29N3O3/c1-12-5-7-14(8-6-12)21-18(19-2)20-11-13-9-15(23-3)17(22)16(10-13)24-4/h9-10,12,14,22H,5-8,11H2,1-4H3,(H2,19,20,21). The Bertz CT molecular complexity index is 542. The SMILES string of the molecule is CN=C(NCc1cc(OC)c(O)c(OC)c1)NC1CCC(C)CC1. The highest BCUT2D eigenvalue weighted by molar-refractivity contribution is 5.80. The predicted molar refractivity (Wildman–Crippen MR) is 96.0 cm³/mol. The van der Waals surface area contributed by atoms with Crippen LogP contribution < -0.4 is 20.1 Å². The van der Waals surface area contributed by atoms with E-state index in [2.05, 4.69) is 22.5 Å². The van der Waals surface area contributed by atoms with E-state index in [4.69, 9.17) is 9.47 Å². The number of benzene rings is 1. The lowest BCUT2D eigenvalue weighted by Crippen LogP contribution is -2.44. The van der Waals surface area contributed by atoms with E-state index in [1.54, 1.807) is 19.2 Å². The number of phenolic OH excluding ortho intramolecular Hbond substituents is 1. The number of hydrogen-bond acceptors (Lipinski definition) is 4. The molecular formula is C18H29N3O3. The fourth-order valence-electron chi connectivity index (χ4n) is 3.03. The van der Waals surface area contributed by atoms with Gasteiger partial charge in [-0.3, -0.25) is 4.99 Å². The molecule has 0 spiro atoms. The molecule has 0 aromatic heterocycles. The van der Waals surface area contributed by atoms with Crippen LogP contribution in [0.5, 0.6) is 17.2 Å². The van der Waals surface area contributed by atoms with Crippen molar-refractivity contribution in [2.45, 2.75) is 45.2 Å². The van der Waals surface area contributed by atoms with Gasteiger partial charge >= 0.3 is 0 Å². The number of hydrogen-bond donors (Lipinski definition) is 3. The summed E-state index contributed by atoms with van der Waals surface area (Å²) in [4.78, 5) is 4.30. The number of ether oxygens (including phenoxy) is 2. The zero-order chi connectivity index (χ0) is 17.5. The van der Waals surface area contributed by atoms with E-state index in [1.807, 2.05) is 0 Å². The van der Waals surface area contributed by atoms with Crippen molar-refractivity contribution >= 4 is 5.96 Å². The summed E-state index contributed by atoms with van der Waals surface area (Å²) < 4.78 is 10.4. The molecule has 0 amide bonds. The molecule has 1 aliphatic rings. The Morgan fingerprint density at radius 2 is 1.75 bits per heavy atom. The van der Waals surface area contributed by atoms with Gasteiger partial charge in [-0.1, -0.05) is 6.92 Å². The van der Waals surface area contributed by atoms with E-state index in [0.717, 1.165) is 17.4 Å². The average molecular weight is 335 g/mol. The Kier molecular flexibility index (Phi) is 6.58. The molecule has 0 atom stereocenters. The lowest BCUT2D eigenvalue weighted by atomic mass is 9.87. The summed E-state index contributed by atoms with van der Waals surface area (Å²) >= 11 is 0. The van der Waals surface area contributed by atoms with Gasteiger partial charge in [0.05, 0.1) is 14.2 Å². The van der Waals surface area contributed by atoms with E-state index >= 15 is 0 Å². The predicted octanol–water partition coefficient (Wildman–Crippen LogP) is 2.65. The van der Waals surface area contributed by atoms with Crippen LogP contribution in [-0.4, -0.2) is 38.4 Å². The smallest absolute Gasteiger partial charge is 0.200 e. The highest BCUT2D eigenvalue weighted by Gasteiger charge is 2.19. The first-order valence-corrected chi connectivity index (χ1v) is 8.48. The molecule has 6 heteroatoms. The molecule has 134 valence electrons. The Balaban J connectivity index is 1.95. The number of nitrogens with one attached hydrogen (secondary N) is 2. The Morgan fingerprint density at radius 1 is 1.17 bits per heavy atom. The summed E-state index contributed by atoms with van der Waals surface area (Å²) in [5.74, 6) is 2.43. The fourth-order valence-corrected chi connectivity index (χ4v) is 3.03. The van der Waals surface area contributed by atoms with E-state index in [1.165, 1.54) is 39.9 Å². The van der Waals surface area contributed by atoms with Gasteiger partial charge in [0.25, 0.3) is 0 Å². The van der Waals surface area contributed by atoms with Crippen LogP contribution >= 0.6 is 0 Å².